The Bertz CT molecular complexity index is 888. The molecule has 0 unspecified atom stereocenters. The van der Waals surface area contributed by atoms with Gasteiger partial charge >= 0.3 is 0 Å². The lowest BCUT2D eigenvalue weighted by molar-refractivity contribution is 0.0975. The Morgan fingerprint density at radius 2 is 2.16 bits per heavy atom. The van der Waals surface area contributed by atoms with Gasteiger partial charge in [-0.2, -0.15) is 0 Å². The fourth-order valence-electron chi connectivity index (χ4n) is 2.61. The highest BCUT2D eigenvalue weighted by Crippen LogP contribution is 2.24. The van der Waals surface area contributed by atoms with Gasteiger partial charge in [0.05, 0.1) is 17.9 Å². The van der Waals surface area contributed by atoms with E-state index in [0.717, 1.165) is 0 Å². The maximum atomic E-state index is 13.8. The monoisotopic (exact) mass is 368 g/mol. The van der Waals surface area contributed by atoms with Gasteiger partial charge in [-0.15, -0.1) is 0 Å². The van der Waals surface area contributed by atoms with Crippen molar-refractivity contribution in [1.29, 1.82) is 0 Å². The van der Waals surface area contributed by atoms with E-state index in [4.69, 9.17) is 9.15 Å². The molecule has 1 fully saturated rings. The zero-order chi connectivity index (χ0) is 18.0. The van der Waals surface area contributed by atoms with E-state index < -0.39 is 21.7 Å². The third-order valence-electron chi connectivity index (χ3n) is 3.84. The summed E-state index contributed by atoms with van der Waals surface area (Å²) in [4.78, 5) is 16.2. The summed E-state index contributed by atoms with van der Waals surface area (Å²) in [5, 5.41) is 0. The smallest absolute Gasteiger partial charge is 0.286 e. The number of aromatic nitrogens is 1. The second kappa shape index (κ2) is 6.93. The topological polar surface area (TPSA) is 98.5 Å². The number of sulfonamides is 1. The molecule has 9 heteroatoms. The SMILES string of the molecule is Cc1oc(-c2ccccc2F)nc1C(=O)NS(=O)(=O)C[C@H]1CCOC1. The highest BCUT2D eigenvalue weighted by atomic mass is 32.2. The fraction of sp³-hybridized carbons (Fsp3) is 0.375. The minimum absolute atomic E-state index is 0.0812. The second-order valence-electron chi connectivity index (χ2n) is 5.85. The van der Waals surface area contributed by atoms with Crippen molar-refractivity contribution in [2.45, 2.75) is 13.3 Å². The van der Waals surface area contributed by atoms with Crippen LogP contribution < -0.4 is 4.72 Å². The standard InChI is InChI=1S/C16H17FN2O5S/c1-10-14(18-16(24-10)12-4-2-3-5-13(12)17)15(20)19-25(21,22)9-11-6-7-23-8-11/h2-5,11H,6-9H2,1H3,(H,19,20)/t11-/m0/s1. The second-order valence-corrected chi connectivity index (χ2v) is 7.61. The number of aryl methyl sites for hydroxylation is 1. The maximum Gasteiger partial charge on any atom is 0.286 e. The molecule has 2 heterocycles. The Labute approximate surface area is 144 Å². The fourth-order valence-corrected chi connectivity index (χ4v) is 3.96. The number of hydrogen-bond donors (Lipinski definition) is 1. The Morgan fingerprint density at radius 3 is 2.84 bits per heavy atom. The molecule has 1 atom stereocenters. The molecule has 1 aromatic carbocycles. The summed E-state index contributed by atoms with van der Waals surface area (Å²) in [6, 6.07) is 5.81. The first-order valence-corrected chi connectivity index (χ1v) is 9.36. The number of carbonyl (C=O) groups is 1. The Kier molecular flexibility index (Phi) is 4.87. The molecule has 1 N–H and O–H groups in total. The van der Waals surface area contributed by atoms with Gasteiger partial charge in [0, 0.05) is 12.5 Å². The summed E-state index contributed by atoms with van der Waals surface area (Å²) >= 11 is 0. The summed E-state index contributed by atoms with van der Waals surface area (Å²) in [5.41, 5.74) is -0.0971. The summed E-state index contributed by atoms with van der Waals surface area (Å²) in [5.74, 6) is -1.77. The first-order valence-electron chi connectivity index (χ1n) is 7.70. The van der Waals surface area contributed by atoms with Crippen LogP contribution in [0.5, 0.6) is 0 Å². The predicted octanol–water partition coefficient (Wildman–Crippen LogP) is 1.89. The number of benzene rings is 1. The molecule has 1 aromatic heterocycles. The van der Waals surface area contributed by atoms with Gasteiger partial charge in [0.1, 0.15) is 11.6 Å². The van der Waals surface area contributed by atoms with E-state index in [1.165, 1.54) is 25.1 Å². The van der Waals surface area contributed by atoms with Crippen LogP contribution in [0.25, 0.3) is 11.5 Å². The minimum atomic E-state index is -3.83. The molecular weight excluding hydrogens is 351 g/mol. The zero-order valence-electron chi connectivity index (χ0n) is 13.5. The molecule has 134 valence electrons. The van der Waals surface area contributed by atoms with Crippen molar-refractivity contribution in [2.75, 3.05) is 19.0 Å². The van der Waals surface area contributed by atoms with Gasteiger partial charge < -0.3 is 9.15 Å². The molecule has 1 aliphatic rings. The van der Waals surface area contributed by atoms with Gasteiger partial charge in [-0.05, 0) is 25.5 Å². The minimum Gasteiger partial charge on any atom is -0.440 e. The first-order chi connectivity index (χ1) is 11.9. The number of carbonyl (C=O) groups excluding carboxylic acids is 1. The molecular formula is C16H17FN2O5S. The zero-order valence-corrected chi connectivity index (χ0v) is 14.3. The van der Waals surface area contributed by atoms with Crippen LogP contribution in [0.15, 0.2) is 28.7 Å². The Morgan fingerprint density at radius 1 is 1.40 bits per heavy atom. The molecule has 3 rings (SSSR count). The summed E-state index contributed by atoms with van der Waals surface area (Å²) in [6.45, 7) is 2.34. The summed E-state index contributed by atoms with van der Waals surface area (Å²) in [7, 11) is -3.83. The van der Waals surface area contributed by atoms with Gasteiger partial charge in [0.15, 0.2) is 5.69 Å². The normalized spacial score (nSPS) is 17.6. The molecule has 0 saturated carbocycles. The molecule has 0 aliphatic carbocycles. The number of ether oxygens (including phenoxy) is 1. The van der Waals surface area contributed by atoms with Crippen molar-refractivity contribution >= 4 is 15.9 Å². The molecule has 7 nitrogen and oxygen atoms in total. The van der Waals surface area contributed by atoms with E-state index >= 15 is 0 Å². The van der Waals surface area contributed by atoms with Crippen molar-refractivity contribution < 1.29 is 26.8 Å². The van der Waals surface area contributed by atoms with Gasteiger partial charge in [-0.1, -0.05) is 12.1 Å². The Hall–Kier alpha value is -2.26. The lowest BCUT2D eigenvalue weighted by Gasteiger charge is -2.09. The maximum absolute atomic E-state index is 13.8. The number of nitrogens with zero attached hydrogens (tertiary/aromatic N) is 1. The lowest BCUT2D eigenvalue weighted by Crippen LogP contribution is -2.35. The van der Waals surface area contributed by atoms with Crippen molar-refractivity contribution in [3.63, 3.8) is 0 Å². The molecule has 1 aliphatic heterocycles. The van der Waals surface area contributed by atoms with E-state index in [9.17, 15) is 17.6 Å². The summed E-state index contributed by atoms with van der Waals surface area (Å²) in [6.07, 6.45) is 0.634. The van der Waals surface area contributed by atoms with Gasteiger partial charge in [-0.25, -0.2) is 22.5 Å². The van der Waals surface area contributed by atoms with Crippen molar-refractivity contribution in [3.05, 3.63) is 41.5 Å². The van der Waals surface area contributed by atoms with E-state index in [1.54, 1.807) is 6.07 Å². The van der Waals surface area contributed by atoms with Crippen LogP contribution in [0, 0.1) is 18.7 Å². The van der Waals surface area contributed by atoms with Crippen LogP contribution >= 0.6 is 0 Å². The van der Waals surface area contributed by atoms with Crippen LogP contribution in [0.3, 0.4) is 0 Å². The van der Waals surface area contributed by atoms with E-state index in [1.807, 2.05) is 4.72 Å². The number of amides is 1. The van der Waals surface area contributed by atoms with Crippen molar-refractivity contribution in [1.82, 2.24) is 9.71 Å². The Balaban J connectivity index is 1.77. The average Bonchev–Trinajstić information content (AvgIpc) is 3.16. The van der Waals surface area contributed by atoms with E-state index in [-0.39, 0.29) is 34.6 Å². The number of oxazole rings is 1. The third kappa shape index (κ3) is 4.05. The predicted molar refractivity (Wildman–Crippen MR) is 86.8 cm³/mol. The van der Waals surface area contributed by atoms with Crippen LogP contribution in [0.4, 0.5) is 4.39 Å². The average molecular weight is 368 g/mol. The third-order valence-corrected chi connectivity index (χ3v) is 5.25. The van der Waals surface area contributed by atoms with Gasteiger partial charge in [-0.3, -0.25) is 4.79 Å². The quantitative estimate of drug-likeness (QED) is 0.865. The number of rotatable bonds is 5. The number of hydrogen-bond acceptors (Lipinski definition) is 6. The van der Waals surface area contributed by atoms with Gasteiger partial charge in [0.2, 0.25) is 15.9 Å². The molecule has 25 heavy (non-hydrogen) atoms. The van der Waals surface area contributed by atoms with Crippen LogP contribution in [-0.2, 0) is 14.8 Å². The molecule has 0 spiro atoms. The summed E-state index contributed by atoms with van der Waals surface area (Å²) < 4.78 is 50.5. The van der Waals surface area contributed by atoms with Crippen LogP contribution in [0.2, 0.25) is 0 Å². The molecule has 2 aromatic rings. The van der Waals surface area contributed by atoms with Crippen molar-refractivity contribution in [3.8, 4) is 11.5 Å². The lowest BCUT2D eigenvalue weighted by atomic mass is 10.2. The van der Waals surface area contributed by atoms with Crippen molar-refractivity contribution in [2.24, 2.45) is 5.92 Å². The van der Waals surface area contributed by atoms with E-state index in [0.29, 0.717) is 19.6 Å². The molecule has 0 bridgehead atoms. The van der Waals surface area contributed by atoms with Crippen LogP contribution in [0.1, 0.15) is 22.7 Å². The highest BCUT2D eigenvalue weighted by Gasteiger charge is 2.27. The molecule has 1 amide bonds. The highest BCUT2D eigenvalue weighted by molar-refractivity contribution is 7.90. The van der Waals surface area contributed by atoms with E-state index in [2.05, 4.69) is 4.98 Å². The van der Waals surface area contributed by atoms with Crippen LogP contribution in [-0.4, -0.2) is 38.3 Å². The largest absolute Gasteiger partial charge is 0.440 e. The van der Waals surface area contributed by atoms with Gasteiger partial charge in [0.25, 0.3) is 5.91 Å². The molecule has 0 radical (unpaired) electrons. The molecule has 1 saturated heterocycles. The number of nitrogens with one attached hydrogen (secondary N) is 1. The number of halogens is 1. The first kappa shape index (κ1) is 17.6.